The molecule has 0 unspecified atom stereocenters. The van der Waals surface area contributed by atoms with Crippen molar-refractivity contribution in [1.82, 2.24) is 9.88 Å². The maximum Gasteiger partial charge on any atom is 0.268 e. The molecule has 1 aromatic heterocycles. The first-order chi connectivity index (χ1) is 10.4. The van der Waals surface area contributed by atoms with Gasteiger partial charge in [0.05, 0.1) is 0 Å². The number of rotatable bonds is 5. The molecule has 0 aliphatic rings. The van der Waals surface area contributed by atoms with Crippen LogP contribution in [0.5, 0.6) is 0 Å². The Morgan fingerprint density at radius 2 is 2.00 bits per heavy atom. The largest absolute Gasteiger partial charge is 0.349 e. The first-order valence-corrected chi connectivity index (χ1v) is 7.91. The van der Waals surface area contributed by atoms with Crippen molar-refractivity contribution in [3.05, 3.63) is 47.7 Å². The Bertz CT molecular complexity index is 708. The molecule has 0 bridgehead atoms. The first kappa shape index (κ1) is 16.3. The predicted octanol–water partition coefficient (Wildman–Crippen LogP) is 4.40. The molecule has 1 heterocycles. The van der Waals surface area contributed by atoms with Crippen LogP contribution in [0, 0.1) is 6.92 Å². The van der Waals surface area contributed by atoms with E-state index in [-0.39, 0.29) is 11.9 Å². The maximum absolute atomic E-state index is 12.6. The lowest BCUT2D eigenvalue weighted by Gasteiger charge is -2.12. The summed E-state index contributed by atoms with van der Waals surface area (Å²) in [5.41, 5.74) is 4.17. The van der Waals surface area contributed by atoms with Crippen LogP contribution in [0.4, 0.5) is 0 Å². The molecule has 0 aliphatic heterocycles. The molecule has 3 nitrogen and oxygen atoms in total. The minimum atomic E-state index is -0.0170. The highest BCUT2D eigenvalue weighted by molar-refractivity contribution is 6.02. The van der Waals surface area contributed by atoms with Gasteiger partial charge in [-0.25, -0.2) is 0 Å². The molecule has 0 saturated carbocycles. The lowest BCUT2D eigenvalue weighted by molar-refractivity contribution is 0.0934. The molecule has 0 radical (unpaired) electrons. The summed E-state index contributed by atoms with van der Waals surface area (Å²) in [6, 6.07) is 6.60. The van der Waals surface area contributed by atoms with E-state index in [2.05, 4.69) is 48.5 Å². The number of amides is 1. The average Bonchev–Trinajstić information content (AvgIpc) is 2.71. The van der Waals surface area contributed by atoms with Crippen LogP contribution in [-0.2, 0) is 6.54 Å². The van der Waals surface area contributed by atoms with Crippen molar-refractivity contribution in [1.29, 1.82) is 0 Å². The topological polar surface area (TPSA) is 34.0 Å². The van der Waals surface area contributed by atoms with Gasteiger partial charge < -0.3 is 9.88 Å². The van der Waals surface area contributed by atoms with Gasteiger partial charge in [0.25, 0.3) is 5.91 Å². The number of hydrogen-bond donors (Lipinski definition) is 1. The van der Waals surface area contributed by atoms with E-state index in [9.17, 15) is 4.79 Å². The summed E-state index contributed by atoms with van der Waals surface area (Å²) in [6.45, 7) is 14.8. The molecule has 2 aromatic rings. The van der Waals surface area contributed by atoms with Crippen molar-refractivity contribution >= 4 is 16.8 Å². The maximum atomic E-state index is 12.6. The van der Waals surface area contributed by atoms with E-state index in [1.54, 1.807) is 0 Å². The summed E-state index contributed by atoms with van der Waals surface area (Å²) in [7, 11) is 0. The summed E-state index contributed by atoms with van der Waals surface area (Å²) in [5, 5.41) is 4.16. The Morgan fingerprint density at radius 1 is 1.32 bits per heavy atom. The zero-order valence-electron chi connectivity index (χ0n) is 14.2. The van der Waals surface area contributed by atoms with E-state index in [1.807, 2.05) is 26.8 Å². The molecule has 3 heteroatoms. The number of hydrogen-bond acceptors (Lipinski definition) is 1. The van der Waals surface area contributed by atoms with E-state index in [0.717, 1.165) is 22.2 Å². The van der Waals surface area contributed by atoms with Crippen molar-refractivity contribution in [2.24, 2.45) is 0 Å². The fraction of sp³-hybridized carbons (Fsp3) is 0.421. The van der Waals surface area contributed by atoms with Gasteiger partial charge in [-0.2, -0.15) is 0 Å². The second-order valence-electron chi connectivity index (χ2n) is 6.43. The summed E-state index contributed by atoms with van der Waals surface area (Å²) in [4.78, 5) is 12.6. The number of benzene rings is 1. The number of nitrogens with zero attached hydrogens (tertiary/aromatic N) is 1. The molecule has 0 fully saturated rings. The van der Waals surface area contributed by atoms with Crippen molar-refractivity contribution in [3.8, 4) is 0 Å². The minimum absolute atomic E-state index is 0.0170. The molecule has 0 saturated heterocycles. The molecular weight excluding hydrogens is 272 g/mol. The molecule has 0 spiro atoms. The third-order valence-electron chi connectivity index (χ3n) is 3.95. The molecule has 0 atom stereocenters. The fourth-order valence-electron chi connectivity index (χ4n) is 2.84. The molecule has 118 valence electrons. The molecule has 1 amide bonds. The molecule has 2 rings (SSSR count). The summed E-state index contributed by atoms with van der Waals surface area (Å²) < 4.78 is 2.06. The van der Waals surface area contributed by atoms with Crippen LogP contribution in [0.2, 0.25) is 0 Å². The van der Waals surface area contributed by atoms with E-state index in [0.29, 0.717) is 12.5 Å². The standard InChI is InChI=1S/C19H26N2O/c1-7-10-21-17-9-8-15(12(2)3)11-16(17)14(6)18(21)19(22)20-13(4)5/h7-9,11-13H,1,10H2,2-6H3,(H,20,22). The van der Waals surface area contributed by atoms with Gasteiger partial charge in [0.1, 0.15) is 5.69 Å². The van der Waals surface area contributed by atoms with Gasteiger partial charge in [-0.3, -0.25) is 4.79 Å². The number of carbonyl (C=O) groups excluding carboxylic acids is 1. The second-order valence-corrected chi connectivity index (χ2v) is 6.43. The molecule has 0 aliphatic carbocycles. The van der Waals surface area contributed by atoms with Crippen molar-refractivity contribution in [2.75, 3.05) is 0 Å². The molecule has 22 heavy (non-hydrogen) atoms. The van der Waals surface area contributed by atoms with Crippen LogP contribution in [0.3, 0.4) is 0 Å². The Morgan fingerprint density at radius 3 is 2.55 bits per heavy atom. The predicted molar refractivity (Wildman–Crippen MR) is 93.6 cm³/mol. The third-order valence-corrected chi connectivity index (χ3v) is 3.95. The summed E-state index contributed by atoms with van der Waals surface area (Å²) >= 11 is 0. The van der Waals surface area contributed by atoms with E-state index in [4.69, 9.17) is 0 Å². The van der Waals surface area contributed by atoms with Crippen LogP contribution >= 0.6 is 0 Å². The molecule has 1 N–H and O–H groups in total. The zero-order chi connectivity index (χ0) is 16.4. The Kier molecular flexibility index (Phi) is 4.74. The SMILES string of the molecule is C=CCn1c(C(=O)NC(C)C)c(C)c2cc(C(C)C)ccc21. The summed E-state index contributed by atoms with van der Waals surface area (Å²) in [6.07, 6.45) is 1.83. The highest BCUT2D eigenvalue weighted by Gasteiger charge is 2.20. The van der Waals surface area contributed by atoms with Crippen LogP contribution in [0.25, 0.3) is 10.9 Å². The van der Waals surface area contributed by atoms with Gasteiger partial charge in [0.15, 0.2) is 0 Å². The van der Waals surface area contributed by atoms with Gasteiger partial charge >= 0.3 is 0 Å². The van der Waals surface area contributed by atoms with Crippen LogP contribution in [0.15, 0.2) is 30.9 Å². The number of aryl methyl sites for hydroxylation is 1. The number of aromatic nitrogens is 1. The molecule has 1 aromatic carbocycles. The van der Waals surface area contributed by atoms with Gasteiger partial charge in [0.2, 0.25) is 0 Å². The molecular formula is C19H26N2O. The van der Waals surface area contributed by atoms with Crippen molar-refractivity contribution in [3.63, 3.8) is 0 Å². The number of fused-ring (bicyclic) bond motifs is 1. The van der Waals surface area contributed by atoms with Gasteiger partial charge in [0, 0.05) is 23.5 Å². The van der Waals surface area contributed by atoms with Crippen LogP contribution in [-0.4, -0.2) is 16.5 Å². The third kappa shape index (κ3) is 2.94. The van der Waals surface area contributed by atoms with E-state index < -0.39 is 0 Å². The minimum Gasteiger partial charge on any atom is -0.349 e. The zero-order valence-corrected chi connectivity index (χ0v) is 14.2. The van der Waals surface area contributed by atoms with Crippen LogP contribution in [0.1, 0.15) is 55.2 Å². The first-order valence-electron chi connectivity index (χ1n) is 7.91. The monoisotopic (exact) mass is 298 g/mol. The quantitative estimate of drug-likeness (QED) is 0.816. The highest BCUT2D eigenvalue weighted by atomic mass is 16.2. The lowest BCUT2D eigenvalue weighted by Crippen LogP contribution is -2.32. The number of carbonyl (C=O) groups is 1. The average molecular weight is 298 g/mol. The highest BCUT2D eigenvalue weighted by Crippen LogP contribution is 2.29. The Labute approximate surface area is 133 Å². The van der Waals surface area contributed by atoms with E-state index >= 15 is 0 Å². The van der Waals surface area contributed by atoms with Crippen LogP contribution < -0.4 is 5.32 Å². The lowest BCUT2D eigenvalue weighted by atomic mass is 10.0. The van der Waals surface area contributed by atoms with Gasteiger partial charge in [-0.1, -0.05) is 26.0 Å². The Balaban J connectivity index is 2.68. The number of nitrogens with one attached hydrogen (secondary N) is 1. The van der Waals surface area contributed by atoms with Crippen molar-refractivity contribution in [2.45, 2.75) is 53.1 Å². The van der Waals surface area contributed by atoms with Gasteiger partial charge in [-0.05, 0) is 49.9 Å². The second kappa shape index (κ2) is 6.39. The Hall–Kier alpha value is -2.03. The number of allylic oxidation sites excluding steroid dienone is 1. The van der Waals surface area contributed by atoms with E-state index in [1.165, 1.54) is 5.56 Å². The van der Waals surface area contributed by atoms with Crippen molar-refractivity contribution < 1.29 is 4.79 Å². The fourth-order valence-corrected chi connectivity index (χ4v) is 2.84. The smallest absolute Gasteiger partial charge is 0.268 e. The summed E-state index contributed by atoms with van der Waals surface area (Å²) in [5.74, 6) is 0.455. The normalized spacial score (nSPS) is 11.4. The van der Waals surface area contributed by atoms with Gasteiger partial charge in [-0.15, -0.1) is 6.58 Å².